The van der Waals surface area contributed by atoms with Crippen LogP contribution >= 0.6 is 0 Å². The van der Waals surface area contributed by atoms with Gasteiger partial charge in [-0.3, -0.25) is 10.2 Å². The number of nitrogens with one attached hydrogen (secondary N) is 1. The molecule has 170 valence electrons. The molecule has 0 fully saturated rings. The Balaban J connectivity index is 1.51. The molecule has 2 aliphatic rings. The van der Waals surface area contributed by atoms with E-state index in [0.29, 0.717) is 23.7 Å². The highest BCUT2D eigenvalue weighted by Gasteiger charge is 2.38. The van der Waals surface area contributed by atoms with E-state index in [1.54, 1.807) is 9.80 Å². The number of hydrogen-bond donors (Lipinski definition) is 1. The number of carbonyl (C=O) groups is 1. The molecule has 0 aromatic heterocycles. The van der Waals surface area contributed by atoms with Crippen LogP contribution in [-0.4, -0.2) is 42.2 Å². The first-order chi connectivity index (χ1) is 14.9. The van der Waals surface area contributed by atoms with Gasteiger partial charge in [-0.2, -0.15) is 0 Å². The number of alkyl halides is 3. The van der Waals surface area contributed by atoms with Crippen molar-refractivity contribution >= 4 is 11.9 Å². The van der Waals surface area contributed by atoms with Crippen LogP contribution in [0.3, 0.4) is 0 Å². The van der Waals surface area contributed by atoms with Crippen molar-refractivity contribution in [3.63, 3.8) is 0 Å². The summed E-state index contributed by atoms with van der Waals surface area (Å²) >= 11 is 0. The first-order valence-corrected chi connectivity index (χ1v) is 9.94. The summed E-state index contributed by atoms with van der Waals surface area (Å²) in [7, 11) is 3.66. The summed E-state index contributed by atoms with van der Waals surface area (Å²) in [5.74, 6) is -0.412. The Hall–Kier alpha value is -3.43. The molecule has 2 aliphatic heterocycles. The molecule has 2 aromatic carbocycles. The average Bonchev–Trinajstić information content (AvgIpc) is 3.24. The monoisotopic (exact) mass is 448 g/mol. The van der Waals surface area contributed by atoms with Crippen LogP contribution in [0.4, 0.5) is 13.2 Å². The lowest BCUT2D eigenvalue weighted by Crippen LogP contribution is -2.36. The second-order valence-corrected chi connectivity index (χ2v) is 8.22. The molecule has 32 heavy (non-hydrogen) atoms. The van der Waals surface area contributed by atoms with Crippen LogP contribution < -0.4 is 10.2 Å². The molecule has 0 spiro atoms. The number of hydrogen-bond acceptors (Lipinski definition) is 6. The van der Waals surface area contributed by atoms with Gasteiger partial charge in [-0.15, -0.1) is 18.3 Å². The summed E-state index contributed by atoms with van der Waals surface area (Å²) < 4.78 is 46.9. The van der Waals surface area contributed by atoms with Crippen molar-refractivity contribution in [1.29, 1.82) is 0 Å². The van der Waals surface area contributed by atoms with Crippen molar-refractivity contribution in [3.05, 3.63) is 64.2 Å². The predicted octanol–water partition coefficient (Wildman–Crippen LogP) is 3.67. The number of carbonyl (C=O) groups excluding carboxylic acids is 1. The second kappa shape index (κ2) is 7.61. The summed E-state index contributed by atoms with van der Waals surface area (Å²) in [6.45, 7) is 4.40. The third-order valence-electron chi connectivity index (χ3n) is 5.40. The molecule has 0 saturated carbocycles. The smallest absolute Gasteiger partial charge is 0.432 e. The van der Waals surface area contributed by atoms with Crippen LogP contribution in [0.25, 0.3) is 0 Å². The zero-order chi connectivity index (χ0) is 23.3. The number of fused-ring (bicyclic) bond motifs is 1. The van der Waals surface area contributed by atoms with E-state index < -0.39 is 12.1 Å². The molecule has 0 radical (unpaired) electrons. The van der Waals surface area contributed by atoms with Crippen molar-refractivity contribution in [2.75, 3.05) is 14.1 Å². The predicted molar refractivity (Wildman–Crippen MR) is 111 cm³/mol. The van der Waals surface area contributed by atoms with E-state index in [1.807, 2.05) is 40.1 Å². The molecule has 0 aliphatic carbocycles. The zero-order valence-electron chi connectivity index (χ0n) is 18.1. The Morgan fingerprint density at radius 2 is 1.94 bits per heavy atom. The summed E-state index contributed by atoms with van der Waals surface area (Å²) in [6.07, 6.45) is -4.74. The van der Waals surface area contributed by atoms with E-state index in [9.17, 15) is 18.0 Å². The SMILES string of the molecule is Cc1cc(C2(C)NN=C(N(C)C)O2)cc2c1C(=O)N(Cc1ccc(OC(F)(F)F)cc1)C2. The fourth-order valence-electron chi connectivity index (χ4n) is 3.84. The highest BCUT2D eigenvalue weighted by atomic mass is 19.4. The Morgan fingerprint density at radius 1 is 1.25 bits per heavy atom. The van der Waals surface area contributed by atoms with E-state index in [0.717, 1.165) is 16.7 Å². The highest BCUT2D eigenvalue weighted by Crippen LogP contribution is 2.34. The van der Waals surface area contributed by atoms with Gasteiger partial charge in [0, 0.05) is 45.2 Å². The molecule has 1 atom stereocenters. The number of hydrazone groups is 1. The minimum Gasteiger partial charge on any atom is -0.432 e. The van der Waals surface area contributed by atoms with Gasteiger partial charge in [0.05, 0.1) is 0 Å². The standard InChI is InChI=1S/C22H23F3N4O3/c1-13-9-16(21(2)27-26-20(32-21)28(3)4)10-15-12-29(19(30)18(13)15)11-14-5-7-17(8-6-14)31-22(23,24)25/h5-10,27H,11-12H2,1-4H3. The number of ether oxygens (including phenoxy) is 2. The normalized spacial score (nSPS) is 19.9. The van der Waals surface area contributed by atoms with Crippen molar-refractivity contribution in [1.82, 2.24) is 15.2 Å². The molecule has 10 heteroatoms. The first kappa shape index (κ1) is 21.8. The highest BCUT2D eigenvalue weighted by molar-refractivity contribution is 5.99. The van der Waals surface area contributed by atoms with Crippen LogP contribution in [0.5, 0.6) is 5.75 Å². The molecule has 0 bridgehead atoms. The second-order valence-electron chi connectivity index (χ2n) is 8.22. The maximum absolute atomic E-state index is 13.0. The van der Waals surface area contributed by atoms with Crippen molar-refractivity contribution in [2.24, 2.45) is 5.10 Å². The van der Waals surface area contributed by atoms with Gasteiger partial charge in [0.2, 0.25) is 5.72 Å². The number of benzene rings is 2. The van der Waals surface area contributed by atoms with Gasteiger partial charge >= 0.3 is 12.4 Å². The first-order valence-electron chi connectivity index (χ1n) is 9.94. The van der Waals surface area contributed by atoms with E-state index in [-0.39, 0.29) is 18.2 Å². The number of amides is 1. The quantitative estimate of drug-likeness (QED) is 0.773. The maximum Gasteiger partial charge on any atom is 0.573 e. The molecule has 1 amide bonds. The topological polar surface area (TPSA) is 66.4 Å². The van der Waals surface area contributed by atoms with Crippen molar-refractivity contribution < 1.29 is 27.4 Å². The van der Waals surface area contributed by atoms with E-state index in [1.165, 1.54) is 24.3 Å². The number of aryl methyl sites for hydroxylation is 1. The van der Waals surface area contributed by atoms with E-state index >= 15 is 0 Å². The Bertz CT molecular complexity index is 1080. The molecule has 1 N–H and O–H groups in total. The van der Waals surface area contributed by atoms with Crippen molar-refractivity contribution in [2.45, 2.75) is 39.0 Å². The minimum absolute atomic E-state index is 0.115. The largest absolute Gasteiger partial charge is 0.573 e. The van der Waals surface area contributed by atoms with E-state index in [4.69, 9.17) is 4.74 Å². The third-order valence-corrected chi connectivity index (χ3v) is 5.40. The molecular formula is C22H23F3N4O3. The molecule has 7 nitrogen and oxygen atoms in total. The van der Waals surface area contributed by atoms with E-state index in [2.05, 4.69) is 15.3 Å². The molecule has 1 unspecified atom stereocenters. The lowest BCUT2D eigenvalue weighted by Gasteiger charge is -2.26. The average molecular weight is 448 g/mol. The van der Waals surface area contributed by atoms with Gasteiger partial charge < -0.3 is 19.3 Å². The zero-order valence-corrected chi connectivity index (χ0v) is 18.1. The number of halogens is 3. The molecule has 4 rings (SSSR count). The van der Waals surface area contributed by atoms with Gasteiger partial charge in [0.15, 0.2) is 0 Å². The van der Waals surface area contributed by atoms with Gasteiger partial charge in [0.25, 0.3) is 5.91 Å². The van der Waals surface area contributed by atoms with Gasteiger partial charge in [-0.25, -0.2) is 0 Å². The Labute approximate surface area is 183 Å². The number of amidine groups is 1. The van der Waals surface area contributed by atoms with Crippen LogP contribution in [0.2, 0.25) is 0 Å². The summed E-state index contributed by atoms with van der Waals surface area (Å²) in [4.78, 5) is 16.4. The number of nitrogens with zero attached hydrogens (tertiary/aromatic N) is 3. The molecular weight excluding hydrogens is 425 g/mol. The van der Waals surface area contributed by atoms with Crippen LogP contribution in [-0.2, 0) is 23.6 Å². The lowest BCUT2D eigenvalue weighted by molar-refractivity contribution is -0.274. The summed E-state index contributed by atoms with van der Waals surface area (Å²) in [6, 6.07) is 9.83. The lowest BCUT2D eigenvalue weighted by atomic mass is 9.95. The fraction of sp³-hybridized carbons (Fsp3) is 0.364. The number of rotatable bonds is 4. The third kappa shape index (κ3) is 4.17. The Kier molecular flexibility index (Phi) is 5.18. The Morgan fingerprint density at radius 3 is 2.53 bits per heavy atom. The summed E-state index contributed by atoms with van der Waals surface area (Å²) in [5, 5.41) is 4.22. The molecule has 2 aromatic rings. The molecule has 2 heterocycles. The molecule has 0 saturated heterocycles. The van der Waals surface area contributed by atoms with Gasteiger partial charge in [0.1, 0.15) is 5.75 Å². The van der Waals surface area contributed by atoms with Crippen molar-refractivity contribution in [3.8, 4) is 5.75 Å². The fourth-order valence-corrected chi connectivity index (χ4v) is 3.84. The van der Waals surface area contributed by atoms with Gasteiger partial charge in [-0.1, -0.05) is 12.1 Å². The maximum atomic E-state index is 13.0. The summed E-state index contributed by atoms with van der Waals surface area (Å²) in [5.41, 5.74) is 6.04. The minimum atomic E-state index is -4.74. The van der Waals surface area contributed by atoms with Crippen LogP contribution in [0.1, 0.15) is 39.5 Å². The van der Waals surface area contributed by atoms with Crippen LogP contribution in [0, 0.1) is 6.92 Å². The van der Waals surface area contributed by atoms with Gasteiger partial charge in [-0.05, 0) is 47.9 Å². The van der Waals surface area contributed by atoms with Crippen LogP contribution in [0.15, 0.2) is 41.5 Å².